The summed E-state index contributed by atoms with van der Waals surface area (Å²) < 4.78 is 28.1. The van der Waals surface area contributed by atoms with Crippen LogP contribution >= 0.6 is 0 Å². The highest BCUT2D eigenvalue weighted by molar-refractivity contribution is 7.89. The lowest BCUT2D eigenvalue weighted by Gasteiger charge is -2.34. The van der Waals surface area contributed by atoms with Gasteiger partial charge in [0.15, 0.2) is 12.4 Å². The number of aryl methyl sites for hydroxylation is 1. The molecule has 1 fully saturated rings. The molecule has 10 nitrogen and oxygen atoms in total. The van der Waals surface area contributed by atoms with Gasteiger partial charge in [-0.3, -0.25) is 19.8 Å². The Morgan fingerprint density at radius 1 is 1.16 bits per heavy atom. The van der Waals surface area contributed by atoms with Gasteiger partial charge in [0.1, 0.15) is 0 Å². The Labute approximate surface area is 180 Å². The average molecular weight is 449 g/mol. The number of primary sulfonamides is 1. The van der Waals surface area contributed by atoms with Crippen LogP contribution in [0.5, 0.6) is 5.75 Å². The van der Waals surface area contributed by atoms with Crippen LogP contribution in [0.3, 0.4) is 0 Å². The van der Waals surface area contributed by atoms with Crippen LogP contribution in [0.2, 0.25) is 0 Å². The number of benzene rings is 2. The van der Waals surface area contributed by atoms with E-state index in [9.17, 15) is 23.3 Å². The third kappa shape index (κ3) is 6.00. The molecule has 0 bridgehead atoms. The van der Waals surface area contributed by atoms with Gasteiger partial charge in [-0.1, -0.05) is 29.8 Å². The first-order valence-electron chi connectivity index (χ1n) is 9.63. The predicted molar refractivity (Wildman–Crippen MR) is 113 cm³/mol. The number of amides is 1. The van der Waals surface area contributed by atoms with Crippen LogP contribution < -0.4 is 9.88 Å². The lowest BCUT2D eigenvalue weighted by atomic mass is 10.1. The van der Waals surface area contributed by atoms with Crippen molar-refractivity contribution in [3.63, 3.8) is 0 Å². The van der Waals surface area contributed by atoms with E-state index in [-0.39, 0.29) is 18.3 Å². The number of hydrogen-bond donors (Lipinski definition) is 1. The second-order valence-corrected chi connectivity index (χ2v) is 8.93. The third-order valence-corrected chi connectivity index (χ3v) is 5.93. The number of nitrogens with zero attached hydrogens (tertiary/aromatic N) is 3. The van der Waals surface area contributed by atoms with Gasteiger partial charge in [0.2, 0.25) is 10.0 Å². The summed E-state index contributed by atoms with van der Waals surface area (Å²) in [5.41, 5.74) is 1.86. The molecule has 2 aromatic carbocycles. The molecule has 31 heavy (non-hydrogen) atoms. The summed E-state index contributed by atoms with van der Waals surface area (Å²) in [5, 5.41) is 16.3. The second kappa shape index (κ2) is 9.41. The molecule has 166 valence electrons. The van der Waals surface area contributed by atoms with Crippen molar-refractivity contribution in [1.29, 1.82) is 0 Å². The largest absolute Gasteiger partial charge is 0.477 e. The smallest absolute Gasteiger partial charge is 0.312 e. The maximum atomic E-state index is 12.5. The zero-order chi connectivity index (χ0) is 22.6. The minimum absolute atomic E-state index is 0.191. The molecule has 2 aromatic rings. The van der Waals surface area contributed by atoms with Gasteiger partial charge in [-0.25, -0.2) is 13.6 Å². The fourth-order valence-electron chi connectivity index (χ4n) is 3.39. The van der Waals surface area contributed by atoms with Crippen molar-refractivity contribution in [1.82, 2.24) is 9.80 Å². The Bertz CT molecular complexity index is 1080. The predicted octanol–water partition coefficient (Wildman–Crippen LogP) is 1.27. The molecule has 0 aliphatic carbocycles. The van der Waals surface area contributed by atoms with Crippen LogP contribution in [0.4, 0.5) is 5.69 Å². The van der Waals surface area contributed by atoms with Gasteiger partial charge in [0.05, 0.1) is 9.82 Å². The molecule has 1 aliphatic rings. The van der Waals surface area contributed by atoms with Gasteiger partial charge in [-0.05, 0) is 24.6 Å². The minimum Gasteiger partial charge on any atom is -0.477 e. The number of nitro groups is 1. The van der Waals surface area contributed by atoms with E-state index >= 15 is 0 Å². The van der Waals surface area contributed by atoms with Crippen LogP contribution in [0.25, 0.3) is 0 Å². The van der Waals surface area contributed by atoms with Crippen LogP contribution in [0.15, 0.2) is 47.4 Å². The molecule has 1 heterocycles. The highest BCUT2D eigenvalue weighted by Crippen LogP contribution is 2.29. The van der Waals surface area contributed by atoms with E-state index in [1.807, 2.05) is 19.1 Å². The van der Waals surface area contributed by atoms with Crippen molar-refractivity contribution in [2.45, 2.75) is 18.4 Å². The topological polar surface area (TPSA) is 136 Å². The van der Waals surface area contributed by atoms with Gasteiger partial charge in [-0.2, -0.15) is 0 Å². The van der Waals surface area contributed by atoms with E-state index in [4.69, 9.17) is 9.88 Å². The first kappa shape index (κ1) is 22.7. The van der Waals surface area contributed by atoms with Gasteiger partial charge in [-0.15, -0.1) is 0 Å². The number of nitrogens with two attached hydrogens (primary N) is 1. The number of ether oxygens (including phenoxy) is 1. The van der Waals surface area contributed by atoms with E-state index in [1.54, 1.807) is 4.90 Å². The summed E-state index contributed by atoms with van der Waals surface area (Å²) in [6, 6.07) is 11.3. The highest BCUT2D eigenvalue weighted by atomic mass is 32.2. The van der Waals surface area contributed by atoms with Crippen molar-refractivity contribution in [3.05, 3.63) is 63.7 Å². The zero-order valence-electron chi connectivity index (χ0n) is 17.1. The molecule has 1 aliphatic heterocycles. The molecule has 11 heteroatoms. The Balaban J connectivity index is 1.55. The maximum Gasteiger partial charge on any atom is 0.312 e. The molecule has 1 saturated heterocycles. The number of piperazine rings is 1. The van der Waals surface area contributed by atoms with E-state index in [2.05, 4.69) is 17.0 Å². The van der Waals surface area contributed by atoms with Crippen molar-refractivity contribution in [3.8, 4) is 5.75 Å². The fraction of sp³-hybridized carbons (Fsp3) is 0.350. The number of hydrogen-bond acceptors (Lipinski definition) is 7. The molecule has 0 saturated carbocycles. The quantitative estimate of drug-likeness (QED) is 0.498. The highest BCUT2D eigenvalue weighted by Gasteiger charge is 2.24. The van der Waals surface area contributed by atoms with Crippen molar-refractivity contribution >= 4 is 21.6 Å². The first-order chi connectivity index (χ1) is 14.6. The number of nitro benzene ring substituents is 1. The standard InChI is InChI=1S/C20H24N4O6S/c1-15-3-2-4-16(11-15)13-22-7-9-23(10-8-22)20(25)14-30-19-6-5-17(31(21,28)29)12-18(19)24(26)27/h2-6,11-12H,7-10,13-14H2,1H3,(H2,21,28,29). The van der Waals surface area contributed by atoms with Gasteiger partial charge in [0, 0.05) is 38.8 Å². The SMILES string of the molecule is Cc1cccc(CN2CCN(C(=O)COc3ccc(S(N)(=O)=O)cc3[N+](=O)[O-])CC2)c1. The maximum absolute atomic E-state index is 12.5. The van der Waals surface area contributed by atoms with Gasteiger partial charge < -0.3 is 9.64 Å². The average Bonchev–Trinajstić information content (AvgIpc) is 2.71. The second-order valence-electron chi connectivity index (χ2n) is 7.37. The molecular formula is C20H24N4O6S. The Morgan fingerprint density at radius 3 is 2.48 bits per heavy atom. The molecule has 1 amide bonds. The third-order valence-electron chi connectivity index (χ3n) is 5.02. The van der Waals surface area contributed by atoms with Crippen molar-refractivity contribution < 1.29 is 22.9 Å². The molecule has 0 radical (unpaired) electrons. The summed E-state index contributed by atoms with van der Waals surface area (Å²) in [7, 11) is -4.09. The van der Waals surface area contributed by atoms with Crippen molar-refractivity contribution in [2.24, 2.45) is 5.14 Å². The number of rotatable bonds is 7. The van der Waals surface area contributed by atoms with E-state index in [1.165, 1.54) is 11.1 Å². The molecule has 0 aromatic heterocycles. The molecule has 0 atom stereocenters. The zero-order valence-corrected chi connectivity index (χ0v) is 17.9. The Hall–Kier alpha value is -3.02. The fourth-order valence-corrected chi connectivity index (χ4v) is 3.93. The molecule has 2 N–H and O–H groups in total. The molecule has 0 spiro atoms. The Morgan fingerprint density at radius 2 is 1.87 bits per heavy atom. The van der Waals surface area contributed by atoms with E-state index in [0.29, 0.717) is 26.2 Å². The monoisotopic (exact) mass is 448 g/mol. The lowest BCUT2D eigenvalue weighted by Crippen LogP contribution is -2.49. The van der Waals surface area contributed by atoms with Crippen LogP contribution in [0.1, 0.15) is 11.1 Å². The van der Waals surface area contributed by atoms with E-state index < -0.39 is 25.5 Å². The lowest BCUT2D eigenvalue weighted by molar-refractivity contribution is -0.386. The Kier molecular flexibility index (Phi) is 6.88. The first-order valence-corrected chi connectivity index (χ1v) is 11.2. The number of carbonyl (C=O) groups is 1. The van der Waals surface area contributed by atoms with Crippen LogP contribution in [-0.2, 0) is 21.4 Å². The van der Waals surface area contributed by atoms with Gasteiger partial charge in [0.25, 0.3) is 5.91 Å². The molecule has 0 unspecified atom stereocenters. The van der Waals surface area contributed by atoms with E-state index in [0.717, 1.165) is 24.7 Å². The molecule has 3 rings (SSSR count). The van der Waals surface area contributed by atoms with Gasteiger partial charge >= 0.3 is 5.69 Å². The molecular weight excluding hydrogens is 424 g/mol. The van der Waals surface area contributed by atoms with Crippen LogP contribution in [0, 0.1) is 17.0 Å². The minimum atomic E-state index is -4.09. The summed E-state index contributed by atoms with van der Waals surface area (Å²) >= 11 is 0. The van der Waals surface area contributed by atoms with Crippen LogP contribution in [-0.4, -0.2) is 61.8 Å². The summed E-state index contributed by atoms with van der Waals surface area (Å²) in [6.07, 6.45) is 0. The van der Waals surface area contributed by atoms with Crippen molar-refractivity contribution in [2.75, 3.05) is 32.8 Å². The number of carbonyl (C=O) groups excluding carboxylic acids is 1. The summed E-state index contributed by atoms with van der Waals surface area (Å²) in [5.74, 6) is -0.483. The summed E-state index contributed by atoms with van der Waals surface area (Å²) in [4.78, 5) is 26.5. The summed E-state index contributed by atoms with van der Waals surface area (Å²) in [6.45, 7) is 4.95. The normalized spacial score (nSPS) is 15.0. The number of sulfonamides is 1.